The molecule has 0 aliphatic carbocycles. The topological polar surface area (TPSA) is 29.1 Å². The molecule has 3 heteroatoms. The van der Waals surface area contributed by atoms with E-state index in [-0.39, 0.29) is 6.04 Å². The van der Waals surface area contributed by atoms with E-state index < -0.39 is 6.17 Å². The maximum absolute atomic E-state index is 12.1. The van der Waals surface area contributed by atoms with Crippen LogP contribution in [0.4, 0.5) is 4.39 Å². The molecule has 0 aromatic rings. The highest BCUT2D eigenvalue weighted by atomic mass is 19.1. The van der Waals surface area contributed by atoms with E-state index >= 15 is 0 Å². The first kappa shape index (κ1) is 9.56. The van der Waals surface area contributed by atoms with Gasteiger partial charge in [0.1, 0.15) is 12.5 Å². The molecule has 0 unspecified atom stereocenters. The molecule has 1 heterocycles. The zero-order valence-electron chi connectivity index (χ0n) is 6.43. The van der Waals surface area contributed by atoms with Crippen molar-refractivity contribution in [3.8, 4) is 0 Å². The molecule has 60 valence electrons. The molecular weight excluding hydrogens is 133 g/mol. The van der Waals surface area contributed by atoms with Crippen LogP contribution in [0.5, 0.6) is 0 Å². The van der Waals surface area contributed by atoms with Crippen LogP contribution in [-0.2, 0) is 4.79 Å². The fourth-order valence-corrected chi connectivity index (χ4v) is 0.825. The molecule has 0 aromatic carbocycles. The van der Waals surface area contributed by atoms with Crippen LogP contribution >= 0.6 is 0 Å². The number of rotatable bonds is 1. The molecule has 0 saturated carbocycles. The van der Waals surface area contributed by atoms with Crippen molar-refractivity contribution in [3.05, 3.63) is 0 Å². The lowest BCUT2D eigenvalue weighted by atomic mass is 10.2. The quantitative estimate of drug-likeness (QED) is 0.558. The van der Waals surface area contributed by atoms with E-state index in [1.54, 1.807) is 0 Å². The summed E-state index contributed by atoms with van der Waals surface area (Å²) in [5, 5.41) is 2.71. The van der Waals surface area contributed by atoms with Crippen LogP contribution in [0.3, 0.4) is 0 Å². The Kier molecular flexibility index (Phi) is 5.12. The molecule has 0 bridgehead atoms. The van der Waals surface area contributed by atoms with Gasteiger partial charge < -0.3 is 10.1 Å². The Bertz CT molecular complexity index is 97.6. The highest BCUT2D eigenvalue weighted by Gasteiger charge is 2.21. The molecule has 2 nitrogen and oxygen atoms in total. The maximum atomic E-state index is 12.1. The van der Waals surface area contributed by atoms with E-state index in [0.29, 0.717) is 13.0 Å². The van der Waals surface area contributed by atoms with Gasteiger partial charge >= 0.3 is 0 Å². The Morgan fingerprint density at radius 1 is 1.60 bits per heavy atom. The highest BCUT2D eigenvalue weighted by molar-refractivity contribution is 5.58. The normalized spacial score (nSPS) is 30.7. The van der Waals surface area contributed by atoms with Crippen LogP contribution in [0, 0.1) is 0 Å². The fraction of sp³-hybridized carbons (Fsp3) is 0.857. The second kappa shape index (κ2) is 5.35. The lowest BCUT2D eigenvalue weighted by Crippen LogP contribution is -2.22. The molecule has 0 aromatic heterocycles. The SMILES string of the molecule is CC.O=C[C@@H]1C[C@H](F)CN1. The molecule has 2 atom stereocenters. The van der Waals surface area contributed by atoms with Crippen molar-refractivity contribution in [2.24, 2.45) is 0 Å². The molecule has 0 spiro atoms. The molecule has 1 fully saturated rings. The van der Waals surface area contributed by atoms with Crippen LogP contribution in [0.25, 0.3) is 0 Å². The van der Waals surface area contributed by atoms with Crippen molar-refractivity contribution in [2.75, 3.05) is 6.54 Å². The zero-order chi connectivity index (χ0) is 7.98. The van der Waals surface area contributed by atoms with Gasteiger partial charge in [-0.1, -0.05) is 13.8 Å². The lowest BCUT2D eigenvalue weighted by Gasteiger charge is -1.93. The average Bonchev–Trinajstić information content (AvgIpc) is 2.40. The molecule has 0 radical (unpaired) electrons. The van der Waals surface area contributed by atoms with E-state index in [9.17, 15) is 9.18 Å². The van der Waals surface area contributed by atoms with Crippen molar-refractivity contribution in [1.82, 2.24) is 5.32 Å². The van der Waals surface area contributed by atoms with Gasteiger partial charge in [0, 0.05) is 13.0 Å². The van der Waals surface area contributed by atoms with E-state index in [0.717, 1.165) is 6.29 Å². The van der Waals surface area contributed by atoms with Crippen LogP contribution in [0.15, 0.2) is 0 Å². The minimum atomic E-state index is -0.815. The minimum absolute atomic E-state index is 0.231. The Labute approximate surface area is 60.8 Å². The third-order valence-corrected chi connectivity index (χ3v) is 1.28. The Balaban J connectivity index is 0.000000371. The number of nitrogens with one attached hydrogen (secondary N) is 1. The first-order valence-electron chi connectivity index (χ1n) is 3.65. The van der Waals surface area contributed by atoms with E-state index in [2.05, 4.69) is 5.32 Å². The van der Waals surface area contributed by atoms with Crippen molar-refractivity contribution in [3.63, 3.8) is 0 Å². The predicted molar refractivity (Wildman–Crippen MR) is 38.7 cm³/mol. The maximum Gasteiger partial charge on any atom is 0.137 e. The molecule has 1 aliphatic rings. The highest BCUT2D eigenvalue weighted by Crippen LogP contribution is 2.06. The first-order valence-corrected chi connectivity index (χ1v) is 3.65. The summed E-state index contributed by atoms with van der Waals surface area (Å²) in [4.78, 5) is 9.92. The summed E-state index contributed by atoms with van der Waals surface area (Å²) < 4.78 is 12.1. The predicted octanol–water partition coefficient (Wildman–Crippen LogP) is 0.911. The van der Waals surface area contributed by atoms with Crippen LogP contribution in [0.2, 0.25) is 0 Å². The number of hydrogen-bond donors (Lipinski definition) is 1. The lowest BCUT2D eigenvalue weighted by molar-refractivity contribution is -0.109. The van der Waals surface area contributed by atoms with Gasteiger partial charge in [0.15, 0.2) is 0 Å². The molecule has 0 amide bonds. The monoisotopic (exact) mass is 147 g/mol. The van der Waals surface area contributed by atoms with Crippen LogP contribution in [0.1, 0.15) is 20.3 Å². The molecule has 10 heavy (non-hydrogen) atoms. The van der Waals surface area contributed by atoms with Crippen LogP contribution in [-0.4, -0.2) is 25.0 Å². The standard InChI is InChI=1S/C5H8FNO.C2H6/c6-4-1-5(3-8)7-2-4;1-2/h3-5,7H,1-2H2;1-2H3/t4-,5-;/m0./s1. The van der Waals surface area contributed by atoms with Crippen molar-refractivity contribution < 1.29 is 9.18 Å². The summed E-state index contributed by atoms with van der Waals surface area (Å²) in [6.07, 6.45) is 0.286. The third-order valence-electron chi connectivity index (χ3n) is 1.28. The van der Waals surface area contributed by atoms with Crippen molar-refractivity contribution in [1.29, 1.82) is 0 Å². The second-order valence-corrected chi connectivity index (χ2v) is 1.98. The zero-order valence-corrected chi connectivity index (χ0v) is 6.43. The van der Waals surface area contributed by atoms with Crippen molar-refractivity contribution in [2.45, 2.75) is 32.5 Å². The second-order valence-electron chi connectivity index (χ2n) is 1.98. The minimum Gasteiger partial charge on any atom is -0.305 e. The largest absolute Gasteiger partial charge is 0.305 e. The number of carbonyl (C=O) groups excluding carboxylic acids is 1. The smallest absolute Gasteiger partial charge is 0.137 e. The number of alkyl halides is 1. The van der Waals surface area contributed by atoms with Gasteiger partial charge in [-0.05, 0) is 0 Å². The number of carbonyl (C=O) groups is 1. The van der Waals surface area contributed by atoms with Crippen molar-refractivity contribution >= 4 is 6.29 Å². The molecule has 1 aliphatic heterocycles. The van der Waals surface area contributed by atoms with Gasteiger partial charge in [0.05, 0.1) is 6.04 Å². The van der Waals surface area contributed by atoms with Gasteiger partial charge in [-0.2, -0.15) is 0 Å². The first-order chi connectivity index (χ1) is 4.83. The van der Waals surface area contributed by atoms with Gasteiger partial charge in [0.25, 0.3) is 0 Å². The summed E-state index contributed by atoms with van der Waals surface area (Å²) in [5.74, 6) is 0. The molecule has 1 rings (SSSR count). The molecular formula is C7H14FNO. The summed E-state index contributed by atoms with van der Waals surface area (Å²) in [5.41, 5.74) is 0. The molecule has 1 saturated heterocycles. The summed E-state index contributed by atoms with van der Waals surface area (Å²) in [6, 6.07) is -0.231. The summed E-state index contributed by atoms with van der Waals surface area (Å²) in [6.45, 7) is 4.34. The fourth-order valence-electron chi connectivity index (χ4n) is 0.825. The summed E-state index contributed by atoms with van der Waals surface area (Å²) >= 11 is 0. The Hall–Kier alpha value is -0.440. The van der Waals surface area contributed by atoms with Gasteiger partial charge in [-0.15, -0.1) is 0 Å². The average molecular weight is 147 g/mol. The summed E-state index contributed by atoms with van der Waals surface area (Å²) in [7, 11) is 0. The van der Waals surface area contributed by atoms with Gasteiger partial charge in [-0.25, -0.2) is 4.39 Å². The van der Waals surface area contributed by atoms with E-state index in [1.807, 2.05) is 13.8 Å². The number of halogens is 1. The van der Waals surface area contributed by atoms with Crippen LogP contribution < -0.4 is 5.32 Å². The number of aldehydes is 1. The molecule has 1 N–H and O–H groups in total. The number of hydrogen-bond acceptors (Lipinski definition) is 2. The Morgan fingerprint density at radius 3 is 2.40 bits per heavy atom. The van der Waals surface area contributed by atoms with E-state index in [4.69, 9.17) is 0 Å². The van der Waals surface area contributed by atoms with Gasteiger partial charge in [0.2, 0.25) is 0 Å². The van der Waals surface area contributed by atoms with E-state index in [1.165, 1.54) is 0 Å². The third kappa shape index (κ3) is 2.92. The Morgan fingerprint density at radius 2 is 2.20 bits per heavy atom. The van der Waals surface area contributed by atoms with Gasteiger partial charge in [-0.3, -0.25) is 0 Å².